The lowest BCUT2D eigenvalue weighted by atomic mass is 10.1. The van der Waals surface area contributed by atoms with Crippen molar-refractivity contribution in [3.63, 3.8) is 0 Å². The Morgan fingerprint density at radius 2 is 1.87 bits per heavy atom. The van der Waals surface area contributed by atoms with E-state index in [4.69, 9.17) is 14.5 Å². The number of hydrogen-bond donors (Lipinski definition) is 1. The number of benzene rings is 2. The predicted octanol–water partition coefficient (Wildman–Crippen LogP) is 5.87. The number of hydrogen-bond acceptors (Lipinski definition) is 7. The van der Waals surface area contributed by atoms with Gasteiger partial charge in [0.2, 0.25) is 5.91 Å². The summed E-state index contributed by atoms with van der Waals surface area (Å²) in [6, 6.07) is 13.9. The van der Waals surface area contributed by atoms with Crippen LogP contribution in [0.25, 0.3) is 21.3 Å². The van der Waals surface area contributed by atoms with Gasteiger partial charge in [0.15, 0.2) is 16.7 Å². The molecule has 0 unspecified atom stereocenters. The molecule has 204 valence electrons. The Hall–Kier alpha value is -3.56. The summed E-state index contributed by atoms with van der Waals surface area (Å²) in [5, 5.41) is 6.04. The molecule has 7 nitrogen and oxygen atoms in total. The van der Waals surface area contributed by atoms with Crippen LogP contribution >= 0.6 is 23.1 Å². The highest BCUT2D eigenvalue weighted by molar-refractivity contribution is 7.99. The van der Waals surface area contributed by atoms with E-state index < -0.39 is 0 Å². The van der Waals surface area contributed by atoms with Crippen LogP contribution < -0.4 is 20.3 Å². The fourth-order valence-corrected chi connectivity index (χ4v) is 5.96. The van der Waals surface area contributed by atoms with Gasteiger partial charge in [-0.2, -0.15) is 0 Å². The Bertz CT molecular complexity index is 1510. The van der Waals surface area contributed by atoms with Gasteiger partial charge in [0, 0.05) is 24.0 Å². The average Bonchev–Trinajstić information content (AvgIpc) is 3.35. The second kappa shape index (κ2) is 13.5. The fraction of sp³-hybridized carbons (Fsp3) is 0.300. The number of thiophene rings is 1. The van der Waals surface area contributed by atoms with Gasteiger partial charge in [-0.3, -0.25) is 14.2 Å². The molecule has 2 aromatic carbocycles. The van der Waals surface area contributed by atoms with Crippen molar-refractivity contribution < 1.29 is 14.3 Å². The maximum absolute atomic E-state index is 13.5. The monoisotopic (exact) mass is 563 g/mol. The average molecular weight is 564 g/mol. The summed E-state index contributed by atoms with van der Waals surface area (Å²) < 4.78 is 12.9. The van der Waals surface area contributed by atoms with E-state index in [2.05, 4.69) is 11.9 Å². The first kappa shape index (κ1) is 28.4. The van der Waals surface area contributed by atoms with Crippen molar-refractivity contribution in [2.24, 2.45) is 0 Å². The molecule has 1 amide bonds. The highest BCUT2D eigenvalue weighted by atomic mass is 32.2. The molecule has 0 aliphatic heterocycles. The number of aromatic nitrogens is 2. The van der Waals surface area contributed by atoms with E-state index in [1.807, 2.05) is 68.6 Å². The minimum atomic E-state index is -0.125. The van der Waals surface area contributed by atoms with Gasteiger partial charge < -0.3 is 14.8 Å². The van der Waals surface area contributed by atoms with E-state index in [-0.39, 0.29) is 17.2 Å². The summed E-state index contributed by atoms with van der Waals surface area (Å²) in [6.07, 6.45) is 2.33. The summed E-state index contributed by atoms with van der Waals surface area (Å²) in [4.78, 5) is 31.6. The summed E-state index contributed by atoms with van der Waals surface area (Å²) in [5.41, 5.74) is 3.94. The first-order valence-electron chi connectivity index (χ1n) is 12.9. The van der Waals surface area contributed by atoms with E-state index in [0.717, 1.165) is 28.0 Å². The summed E-state index contributed by atoms with van der Waals surface area (Å²) >= 11 is 2.70. The van der Waals surface area contributed by atoms with Crippen molar-refractivity contribution in [1.82, 2.24) is 14.9 Å². The van der Waals surface area contributed by atoms with Crippen LogP contribution in [-0.2, 0) is 17.8 Å². The number of thioether (sulfide) groups is 1. The van der Waals surface area contributed by atoms with Crippen LogP contribution in [0.15, 0.2) is 70.5 Å². The Morgan fingerprint density at radius 1 is 1.13 bits per heavy atom. The zero-order valence-corrected chi connectivity index (χ0v) is 24.1. The van der Waals surface area contributed by atoms with E-state index in [9.17, 15) is 9.59 Å². The highest BCUT2D eigenvalue weighted by Crippen LogP contribution is 2.32. The molecule has 1 N–H and O–H groups in total. The Morgan fingerprint density at radius 3 is 2.59 bits per heavy atom. The molecule has 0 bridgehead atoms. The van der Waals surface area contributed by atoms with Crippen LogP contribution in [0, 0.1) is 6.92 Å². The van der Waals surface area contributed by atoms with Gasteiger partial charge in [0.25, 0.3) is 5.56 Å². The number of aryl methyl sites for hydroxylation is 1. The Balaban J connectivity index is 1.43. The number of ether oxygens (including phenoxy) is 2. The summed E-state index contributed by atoms with van der Waals surface area (Å²) in [5.74, 6) is 1.45. The first-order valence-corrected chi connectivity index (χ1v) is 14.8. The SMILES string of the molecule is C=CCn1c(SCC(=O)NCCc2ccc(OCC)c(OCC)c2)nc2scc(-c3ccc(C)cc3)c2c1=O. The number of nitrogens with zero attached hydrogens (tertiary/aromatic N) is 2. The molecule has 4 aromatic rings. The molecule has 0 fully saturated rings. The van der Waals surface area contributed by atoms with E-state index >= 15 is 0 Å². The molecule has 4 rings (SSSR count). The maximum atomic E-state index is 13.5. The van der Waals surface area contributed by atoms with Crippen LogP contribution in [0.1, 0.15) is 25.0 Å². The van der Waals surface area contributed by atoms with Crippen molar-refractivity contribution in [3.05, 3.63) is 82.0 Å². The molecule has 2 heterocycles. The zero-order valence-electron chi connectivity index (χ0n) is 22.5. The van der Waals surface area contributed by atoms with E-state index in [1.165, 1.54) is 23.1 Å². The minimum Gasteiger partial charge on any atom is -0.490 e. The number of fused-ring (bicyclic) bond motifs is 1. The topological polar surface area (TPSA) is 82.5 Å². The molecule has 0 aliphatic carbocycles. The molecular weight excluding hydrogens is 530 g/mol. The molecular formula is C30H33N3O4S2. The number of carbonyl (C=O) groups is 1. The second-order valence-corrected chi connectivity index (χ2v) is 10.6. The van der Waals surface area contributed by atoms with Crippen molar-refractivity contribution >= 4 is 39.2 Å². The number of carbonyl (C=O) groups excluding carboxylic acids is 1. The molecule has 0 saturated carbocycles. The van der Waals surface area contributed by atoms with Gasteiger partial charge >= 0.3 is 0 Å². The Labute approximate surface area is 236 Å². The molecule has 0 atom stereocenters. The van der Waals surface area contributed by atoms with Gasteiger partial charge in [0.05, 0.1) is 24.4 Å². The van der Waals surface area contributed by atoms with Gasteiger partial charge in [-0.05, 0) is 50.5 Å². The quantitative estimate of drug-likeness (QED) is 0.125. The van der Waals surface area contributed by atoms with Crippen molar-refractivity contribution in [2.75, 3.05) is 25.5 Å². The molecule has 0 radical (unpaired) electrons. The van der Waals surface area contributed by atoms with Crippen LogP contribution in [-0.4, -0.2) is 41.0 Å². The lowest BCUT2D eigenvalue weighted by Gasteiger charge is -2.13. The summed E-state index contributed by atoms with van der Waals surface area (Å²) in [7, 11) is 0. The molecule has 0 spiro atoms. The lowest BCUT2D eigenvalue weighted by Crippen LogP contribution is -2.28. The van der Waals surface area contributed by atoms with Crippen molar-refractivity contribution in [2.45, 2.75) is 38.9 Å². The van der Waals surface area contributed by atoms with Gasteiger partial charge in [-0.1, -0.05) is 53.7 Å². The van der Waals surface area contributed by atoms with Crippen LogP contribution in [0.2, 0.25) is 0 Å². The smallest absolute Gasteiger partial charge is 0.263 e. The van der Waals surface area contributed by atoms with Crippen LogP contribution in [0.3, 0.4) is 0 Å². The number of amides is 1. The van der Waals surface area contributed by atoms with Gasteiger partial charge in [0.1, 0.15) is 4.83 Å². The van der Waals surface area contributed by atoms with Crippen molar-refractivity contribution in [1.29, 1.82) is 0 Å². The molecule has 39 heavy (non-hydrogen) atoms. The third kappa shape index (κ3) is 6.91. The molecule has 0 aliphatic rings. The standard InChI is InChI=1S/C30H33N3O4S2/c1-5-16-33-29(35)27-23(22-11-8-20(4)9-12-22)18-38-28(27)32-30(33)39-19-26(34)31-15-14-21-10-13-24(36-6-2)25(17-21)37-7-3/h5,8-13,17-18H,1,6-7,14-16,19H2,2-4H3,(H,31,34). The molecule has 2 aromatic heterocycles. The normalized spacial score (nSPS) is 10.9. The second-order valence-electron chi connectivity index (χ2n) is 8.83. The lowest BCUT2D eigenvalue weighted by molar-refractivity contribution is -0.118. The molecule has 9 heteroatoms. The third-order valence-corrected chi connectivity index (χ3v) is 7.86. The number of allylic oxidation sites excluding steroid dienone is 1. The molecule has 0 saturated heterocycles. The van der Waals surface area contributed by atoms with Gasteiger partial charge in [-0.25, -0.2) is 4.98 Å². The van der Waals surface area contributed by atoms with E-state index in [1.54, 1.807) is 10.6 Å². The fourth-order valence-electron chi connectivity index (χ4n) is 4.13. The largest absolute Gasteiger partial charge is 0.490 e. The van der Waals surface area contributed by atoms with Crippen molar-refractivity contribution in [3.8, 4) is 22.6 Å². The highest BCUT2D eigenvalue weighted by Gasteiger charge is 2.18. The van der Waals surface area contributed by atoms with Crippen LogP contribution in [0.4, 0.5) is 0 Å². The maximum Gasteiger partial charge on any atom is 0.263 e. The van der Waals surface area contributed by atoms with Crippen LogP contribution in [0.5, 0.6) is 11.5 Å². The van der Waals surface area contributed by atoms with Gasteiger partial charge in [-0.15, -0.1) is 17.9 Å². The summed E-state index contributed by atoms with van der Waals surface area (Å²) in [6.45, 7) is 11.6. The predicted molar refractivity (Wildman–Crippen MR) is 160 cm³/mol. The van der Waals surface area contributed by atoms with E-state index in [0.29, 0.717) is 53.8 Å². The Kier molecular flexibility index (Phi) is 9.84. The number of nitrogens with one attached hydrogen (secondary N) is 1. The zero-order chi connectivity index (χ0) is 27.8. The number of rotatable bonds is 13. The minimum absolute atomic E-state index is 0.123. The third-order valence-electron chi connectivity index (χ3n) is 6.01. The first-order chi connectivity index (χ1) is 18.9.